The zero-order chi connectivity index (χ0) is 7.40. The number of aliphatic imine (C=N–C) groups is 1. The number of thioether (sulfide) groups is 1. The highest BCUT2D eigenvalue weighted by Gasteiger charge is 2.05. The van der Waals surface area contributed by atoms with Gasteiger partial charge < -0.3 is 5.11 Å². The molecule has 0 fully saturated rings. The summed E-state index contributed by atoms with van der Waals surface area (Å²) in [6, 6.07) is 0. The van der Waals surface area contributed by atoms with Crippen LogP contribution >= 0.6 is 11.8 Å². The lowest BCUT2D eigenvalue weighted by Crippen LogP contribution is -1.95. The van der Waals surface area contributed by atoms with E-state index in [0.29, 0.717) is 0 Å². The molecule has 3 nitrogen and oxygen atoms in total. The highest BCUT2D eigenvalue weighted by molar-refractivity contribution is 8.16. The molecule has 0 saturated heterocycles. The molecule has 1 N–H and O–H groups in total. The van der Waals surface area contributed by atoms with Crippen LogP contribution in [-0.4, -0.2) is 16.6 Å². The quantitative estimate of drug-likeness (QED) is 0.619. The number of rotatable bonds is 1. The normalized spacial score (nSPS) is 16.2. The molecule has 0 saturated carbocycles. The van der Waals surface area contributed by atoms with Gasteiger partial charge in [0, 0.05) is 6.20 Å². The van der Waals surface area contributed by atoms with E-state index in [1.807, 2.05) is 0 Å². The van der Waals surface area contributed by atoms with Gasteiger partial charge in [0.25, 0.3) is 0 Å². The Morgan fingerprint density at radius 2 is 2.50 bits per heavy atom. The van der Waals surface area contributed by atoms with E-state index in [-0.39, 0.29) is 4.91 Å². The van der Waals surface area contributed by atoms with E-state index in [4.69, 9.17) is 5.11 Å². The van der Waals surface area contributed by atoms with Crippen LogP contribution in [0.4, 0.5) is 0 Å². The van der Waals surface area contributed by atoms with Crippen LogP contribution in [-0.2, 0) is 4.79 Å². The van der Waals surface area contributed by atoms with Gasteiger partial charge in [-0.15, -0.1) is 0 Å². The van der Waals surface area contributed by atoms with Crippen molar-refractivity contribution in [1.29, 1.82) is 0 Å². The van der Waals surface area contributed by atoms with E-state index < -0.39 is 5.97 Å². The van der Waals surface area contributed by atoms with Gasteiger partial charge in [-0.3, -0.25) is 4.99 Å². The zero-order valence-electron chi connectivity index (χ0n) is 5.02. The second kappa shape index (κ2) is 3.22. The van der Waals surface area contributed by atoms with Crippen LogP contribution in [0, 0.1) is 0 Å². The number of nitrogens with zero attached hydrogens (tertiary/aromatic N) is 1. The number of allylic oxidation sites excluding steroid dienone is 2. The molecule has 1 aliphatic heterocycles. The van der Waals surface area contributed by atoms with Crippen LogP contribution in [0.1, 0.15) is 0 Å². The van der Waals surface area contributed by atoms with Crippen LogP contribution in [0.25, 0.3) is 0 Å². The molecular formula is C6H5NO2S. The lowest BCUT2D eigenvalue weighted by atomic mass is 10.5. The predicted molar refractivity (Wildman–Crippen MR) is 40.9 cm³/mol. The van der Waals surface area contributed by atoms with Gasteiger partial charge in [-0.2, -0.15) is 0 Å². The van der Waals surface area contributed by atoms with Crippen molar-refractivity contribution in [3.8, 4) is 0 Å². The Bertz CT molecular complexity index is 230. The Morgan fingerprint density at radius 3 is 3.20 bits per heavy atom. The van der Waals surface area contributed by atoms with E-state index in [1.54, 1.807) is 12.3 Å². The molecule has 0 atom stereocenters. The fourth-order valence-corrected chi connectivity index (χ4v) is 0.966. The number of hydrogen-bond donors (Lipinski definition) is 1. The summed E-state index contributed by atoms with van der Waals surface area (Å²) in [5.41, 5.74) is 1.49. The van der Waals surface area contributed by atoms with Crippen LogP contribution in [0.3, 0.4) is 0 Å². The van der Waals surface area contributed by atoms with E-state index in [0.717, 1.165) is 11.8 Å². The van der Waals surface area contributed by atoms with Crippen LogP contribution in [0.5, 0.6) is 0 Å². The summed E-state index contributed by atoms with van der Waals surface area (Å²) in [7, 11) is 0. The second-order valence-corrected chi connectivity index (χ2v) is 2.44. The highest BCUT2D eigenvalue weighted by atomic mass is 32.2. The number of carbonyl (C=O) groups is 1. The van der Waals surface area contributed by atoms with Gasteiger partial charge in [0.15, 0.2) is 0 Å². The third-order valence-electron chi connectivity index (χ3n) is 0.871. The monoisotopic (exact) mass is 155 g/mol. The minimum atomic E-state index is -0.914. The Hall–Kier alpha value is -1.03. The molecule has 0 bridgehead atoms. The summed E-state index contributed by atoms with van der Waals surface area (Å²) in [5.74, 6) is -0.914. The Morgan fingerprint density at radius 1 is 1.70 bits per heavy atom. The predicted octanol–water partition coefficient (Wildman–Crippen LogP) is 1.24. The van der Waals surface area contributed by atoms with E-state index in [9.17, 15) is 4.79 Å². The SMILES string of the molecule is O=C(O)C1=CC=CN=CS1. The van der Waals surface area contributed by atoms with Crippen molar-refractivity contribution in [1.82, 2.24) is 0 Å². The lowest BCUT2D eigenvalue weighted by molar-refractivity contribution is -0.131. The van der Waals surface area contributed by atoms with Gasteiger partial charge in [0.1, 0.15) is 0 Å². The molecular weight excluding hydrogens is 150 g/mol. The van der Waals surface area contributed by atoms with Crippen LogP contribution < -0.4 is 0 Å². The average molecular weight is 155 g/mol. The molecule has 1 heterocycles. The maximum Gasteiger partial charge on any atom is 0.342 e. The topological polar surface area (TPSA) is 49.7 Å². The molecule has 10 heavy (non-hydrogen) atoms. The molecule has 0 aromatic rings. The molecule has 1 aliphatic rings. The maximum absolute atomic E-state index is 10.3. The van der Waals surface area contributed by atoms with Crippen molar-refractivity contribution < 1.29 is 9.90 Å². The number of carboxylic acid groups (broad SMARTS) is 1. The number of hydrogen-bond acceptors (Lipinski definition) is 3. The van der Waals surface area contributed by atoms with Crippen molar-refractivity contribution >= 4 is 23.3 Å². The first-order chi connectivity index (χ1) is 4.80. The van der Waals surface area contributed by atoms with E-state index in [2.05, 4.69) is 4.99 Å². The molecule has 0 amide bonds. The highest BCUT2D eigenvalue weighted by Crippen LogP contribution is 2.14. The van der Waals surface area contributed by atoms with Crippen molar-refractivity contribution in [2.75, 3.05) is 0 Å². The van der Waals surface area contributed by atoms with Gasteiger partial charge in [-0.05, 0) is 12.2 Å². The van der Waals surface area contributed by atoms with Crippen molar-refractivity contribution in [2.24, 2.45) is 4.99 Å². The minimum Gasteiger partial charge on any atom is -0.477 e. The first-order valence-electron chi connectivity index (χ1n) is 2.59. The smallest absolute Gasteiger partial charge is 0.342 e. The first-order valence-corrected chi connectivity index (χ1v) is 3.47. The Labute approximate surface area is 62.2 Å². The summed E-state index contributed by atoms with van der Waals surface area (Å²) in [6.07, 6.45) is 4.66. The van der Waals surface area contributed by atoms with E-state index >= 15 is 0 Å². The van der Waals surface area contributed by atoms with Crippen molar-refractivity contribution in [3.63, 3.8) is 0 Å². The Balaban J connectivity index is 2.78. The summed E-state index contributed by atoms with van der Waals surface area (Å²) in [6.45, 7) is 0. The Kier molecular flexibility index (Phi) is 2.28. The zero-order valence-corrected chi connectivity index (χ0v) is 5.84. The largest absolute Gasteiger partial charge is 0.477 e. The summed E-state index contributed by atoms with van der Waals surface area (Å²) in [5, 5.41) is 8.48. The summed E-state index contributed by atoms with van der Waals surface area (Å²) in [4.78, 5) is 14.4. The molecule has 0 radical (unpaired) electrons. The fourth-order valence-electron chi connectivity index (χ4n) is 0.463. The third kappa shape index (κ3) is 1.73. The minimum absolute atomic E-state index is 0.289. The number of carboxylic acids is 1. The van der Waals surface area contributed by atoms with E-state index in [1.165, 1.54) is 11.6 Å². The molecule has 52 valence electrons. The van der Waals surface area contributed by atoms with Gasteiger partial charge in [-0.25, -0.2) is 4.79 Å². The molecule has 4 heteroatoms. The molecule has 0 aromatic carbocycles. The standard InChI is InChI=1S/C6H5NO2S/c8-6(9)5-2-1-3-7-4-10-5/h1-4H,(H,8,9). The van der Waals surface area contributed by atoms with Crippen LogP contribution in [0.2, 0.25) is 0 Å². The van der Waals surface area contributed by atoms with Gasteiger partial charge >= 0.3 is 5.97 Å². The van der Waals surface area contributed by atoms with Gasteiger partial charge in [0.2, 0.25) is 0 Å². The van der Waals surface area contributed by atoms with Gasteiger partial charge in [0.05, 0.1) is 10.5 Å². The second-order valence-electron chi connectivity index (χ2n) is 1.55. The molecule has 1 rings (SSSR count). The summed E-state index contributed by atoms with van der Waals surface area (Å²) >= 11 is 1.10. The van der Waals surface area contributed by atoms with Crippen molar-refractivity contribution in [2.45, 2.75) is 0 Å². The first kappa shape index (κ1) is 7.08. The molecule has 0 aromatic heterocycles. The molecule has 0 spiro atoms. The van der Waals surface area contributed by atoms with Crippen molar-refractivity contribution in [3.05, 3.63) is 23.3 Å². The average Bonchev–Trinajstić information content (AvgIpc) is 2.12. The maximum atomic E-state index is 10.3. The van der Waals surface area contributed by atoms with Crippen LogP contribution in [0.15, 0.2) is 28.2 Å². The third-order valence-corrected chi connectivity index (χ3v) is 1.66. The number of aliphatic carboxylic acids is 1. The lowest BCUT2D eigenvalue weighted by Gasteiger charge is -1.90. The molecule has 0 unspecified atom stereocenters. The molecule has 0 aliphatic carbocycles. The fraction of sp³-hybridized carbons (Fsp3) is 0. The van der Waals surface area contributed by atoms with Gasteiger partial charge in [-0.1, -0.05) is 11.8 Å². The summed E-state index contributed by atoms with van der Waals surface area (Å²) < 4.78 is 0.